The Morgan fingerprint density at radius 3 is 2.50 bits per heavy atom. The van der Waals surface area contributed by atoms with Gasteiger partial charge in [-0.2, -0.15) is 0 Å². The number of aliphatic hydroxyl groups is 3. The average molecular weight is 286 g/mol. The molecule has 0 aromatic heterocycles. The van der Waals surface area contributed by atoms with E-state index in [0.29, 0.717) is 32.1 Å². The van der Waals surface area contributed by atoms with E-state index in [9.17, 15) is 15.3 Å². The summed E-state index contributed by atoms with van der Waals surface area (Å²) in [6.07, 6.45) is 2.72. The van der Waals surface area contributed by atoms with Crippen molar-refractivity contribution in [2.24, 2.45) is 5.41 Å². The summed E-state index contributed by atoms with van der Waals surface area (Å²) in [5.74, 6) is 0. The minimum absolute atomic E-state index is 0.145. The Balaban J connectivity index is 2.69. The lowest BCUT2D eigenvalue weighted by molar-refractivity contribution is -0.188. The Morgan fingerprint density at radius 1 is 1.30 bits per heavy atom. The van der Waals surface area contributed by atoms with Gasteiger partial charge in [-0.1, -0.05) is 26.8 Å². The first-order valence-corrected chi connectivity index (χ1v) is 7.61. The lowest BCUT2D eigenvalue weighted by atomic mass is 9.73. The number of hydrogen-bond acceptors (Lipinski definition) is 4. The first-order valence-electron chi connectivity index (χ1n) is 7.61. The molecule has 118 valence electrons. The van der Waals surface area contributed by atoms with E-state index in [1.54, 1.807) is 6.08 Å². The molecule has 1 aliphatic heterocycles. The third kappa shape index (κ3) is 4.55. The highest BCUT2D eigenvalue weighted by atomic mass is 16.5. The van der Waals surface area contributed by atoms with Crippen LogP contribution in [0.5, 0.6) is 0 Å². The lowest BCUT2D eigenvalue weighted by Crippen LogP contribution is -2.51. The summed E-state index contributed by atoms with van der Waals surface area (Å²) in [6.45, 7) is 9.49. The molecule has 0 radical (unpaired) electrons. The first-order chi connectivity index (χ1) is 9.31. The van der Waals surface area contributed by atoms with E-state index >= 15 is 0 Å². The van der Waals surface area contributed by atoms with Crippen LogP contribution in [0.1, 0.15) is 52.9 Å². The Labute approximate surface area is 122 Å². The van der Waals surface area contributed by atoms with Crippen molar-refractivity contribution in [3.63, 3.8) is 0 Å². The molecule has 4 heteroatoms. The average Bonchev–Trinajstić information content (AvgIpc) is 2.36. The van der Waals surface area contributed by atoms with Gasteiger partial charge in [0.25, 0.3) is 0 Å². The first kappa shape index (κ1) is 17.6. The van der Waals surface area contributed by atoms with E-state index in [2.05, 4.69) is 6.58 Å². The van der Waals surface area contributed by atoms with Gasteiger partial charge in [0, 0.05) is 18.3 Å². The monoisotopic (exact) mass is 286 g/mol. The molecule has 1 fully saturated rings. The molecule has 4 nitrogen and oxygen atoms in total. The summed E-state index contributed by atoms with van der Waals surface area (Å²) in [6, 6.07) is 0. The fourth-order valence-electron chi connectivity index (χ4n) is 2.75. The number of rotatable bonds is 7. The Morgan fingerprint density at radius 2 is 1.95 bits per heavy atom. The molecule has 0 aromatic rings. The van der Waals surface area contributed by atoms with Crippen LogP contribution in [0.25, 0.3) is 0 Å². The highest BCUT2D eigenvalue weighted by Crippen LogP contribution is 2.39. The molecule has 1 saturated heterocycles. The third-order valence-corrected chi connectivity index (χ3v) is 4.46. The molecule has 0 aromatic carbocycles. The van der Waals surface area contributed by atoms with Crippen molar-refractivity contribution in [3.05, 3.63) is 12.7 Å². The lowest BCUT2D eigenvalue weighted by Gasteiger charge is -2.46. The largest absolute Gasteiger partial charge is 0.393 e. The quantitative estimate of drug-likeness (QED) is 0.626. The maximum atomic E-state index is 10.3. The van der Waals surface area contributed by atoms with Gasteiger partial charge in [-0.25, -0.2) is 0 Å². The molecule has 0 amide bonds. The Kier molecular flexibility index (Phi) is 6.65. The number of aliphatic hydroxyl groups excluding tert-OH is 3. The molecule has 1 unspecified atom stereocenters. The highest BCUT2D eigenvalue weighted by molar-refractivity contribution is 4.94. The maximum absolute atomic E-state index is 10.3. The van der Waals surface area contributed by atoms with Crippen molar-refractivity contribution in [2.75, 3.05) is 0 Å². The van der Waals surface area contributed by atoms with Crippen molar-refractivity contribution in [3.8, 4) is 0 Å². The van der Waals surface area contributed by atoms with Crippen LogP contribution in [0, 0.1) is 5.41 Å². The molecule has 3 N–H and O–H groups in total. The molecule has 1 aliphatic rings. The second-order valence-electron chi connectivity index (χ2n) is 6.53. The van der Waals surface area contributed by atoms with Gasteiger partial charge >= 0.3 is 0 Å². The van der Waals surface area contributed by atoms with E-state index in [4.69, 9.17) is 4.74 Å². The Hall–Kier alpha value is -0.420. The van der Waals surface area contributed by atoms with Gasteiger partial charge in [-0.05, 0) is 19.3 Å². The van der Waals surface area contributed by atoms with E-state index in [0.717, 1.165) is 0 Å². The van der Waals surface area contributed by atoms with Crippen molar-refractivity contribution < 1.29 is 20.1 Å². The standard InChI is InChI=1S/C16H30O4/c1-5-7-12(18)9-15-16(3,4)14(19)10-13(20-15)8-11(17)6-2/h5,11-15,17-19H,1,6-10H2,2-4H3/t11?,12-,13+,14-,15-/m0/s1. The summed E-state index contributed by atoms with van der Waals surface area (Å²) in [5, 5.41) is 30.0. The molecule has 5 atom stereocenters. The SMILES string of the molecule is C=CC[C@H](O)C[C@@H]1O[C@H](CC(O)CC)C[C@H](O)C1(C)C. The second kappa shape index (κ2) is 7.55. The predicted molar refractivity (Wildman–Crippen MR) is 79.4 cm³/mol. The van der Waals surface area contributed by atoms with Crippen LogP contribution in [-0.4, -0.2) is 45.8 Å². The van der Waals surface area contributed by atoms with Crippen LogP contribution >= 0.6 is 0 Å². The van der Waals surface area contributed by atoms with Gasteiger partial charge in [0.1, 0.15) is 0 Å². The van der Waals surface area contributed by atoms with E-state index in [1.165, 1.54) is 0 Å². The van der Waals surface area contributed by atoms with Gasteiger partial charge in [-0.15, -0.1) is 6.58 Å². The summed E-state index contributed by atoms with van der Waals surface area (Å²) in [4.78, 5) is 0. The highest BCUT2D eigenvalue weighted by Gasteiger charge is 2.44. The van der Waals surface area contributed by atoms with Gasteiger partial charge in [0.05, 0.1) is 30.5 Å². The fraction of sp³-hybridized carbons (Fsp3) is 0.875. The number of hydrogen-bond donors (Lipinski definition) is 3. The normalized spacial score (nSPS) is 32.6. The molecule has 0 saturated carbocycles. The van der Waals surface area contributed by atoms with Crippen LogP contribution in [-0.2, 0) is 4.74 Å². The molecule has 1 heterocycles. The molecular formula is C16H30O4. The molecule has 0 bridgehead atoms. The van der Waals surface area contributed by atoms with Gasteiger partial charge in [-0.3, -0.25) is 0 Å². The summed E-state index contributed by atoms with van der Waals surface area (Å²) in [5.41, 5.74) is -0.393. The van der Waals surface area contributed by atoms with Gasteiger partial charge in [0.2, 0.25) is 0 Å². The van der Waals surface area contributed by atoms with Crippen molar-refractivity contribution >= 4 is 0 Å². The van der Waals surface area contributed by atoms with Crippen molar-refractivity contribution in [1.82, 2.24) is 0 Å². The van der Waals surface area contributed by atoms with E-state index in [1.807, 2.05) is 20.8 Å². The molecule has 1 rings (SSSR count). The molecule has 0 aliphatic carbocycles. The minimum Gasteiger partial charge on any atom is -0.393 e. The van der Waals surface area contributed by atoms with Crippen LogP contribution in [0.4, 0.5) is 0 Å². The third-order valence-electron chi connectivity index (χ3n) is 4.46. The van der Waals surface area contributed by atoms with Crippen LogP contribution in [0.15, 0.2) is 12.7 Å². The van der Waals surface area contributed by atoms with Crippen molar-refractivity contribution in [2.45, 2.75) is 83.4 Å². The zero-order valence-corrected chi connectivity index (χ0v) is 13.0. The molecule has 20 heavy (non-hydrogen) atoms. The number of ether oxygens (including phenoxy) is 1. The maximum Gasteiger partial charge on any atom is 0.0679 e. The molecule has 0 spiro atoms. The zero-order chi connectivity index (χ0) is 15.3. The topological polar surface area (TPSA) is 69.9 Å². The van der Waals surface area contributed by atoms with Crippen LogP contribution in [0.3, 0.4) is 0 Å². The summed E-state index contributed by atoms with van der Waals surface area (Å²) < 4.78 is 6.05. The smallest absolute Gasteiger partial charge is 0.0679 e. The summed E-state index contributed by atoms with van der Waals surface area (Å²) >= 11 is 0. The second-order valence-corrected chi connectivity index (χ2v) is 6.53. The zero-order valence-electron chi connectivity index (χ0n) is 13.0. The van der Waals surface area contributed by atoms with Crippen molar-refractivity contribution in [1.29, 1.82) is 0 Å². The predicted octanol–water partition coefficient (Wildman–Crippen LogP) is 2.02. The van der Waals surface area contributed by atoms with Crippen LogP contribution in [0.2, 0.25) is 0 Å². The van der Waals surface area contributed by atoms with Gasteiger partial charge in [0.15, 0.2) is 0 Å². The van der Waals surface area contributed by atoms with E-state index < -0.39 is 23.7 Å². The Bertz CT molecular complexity index is 303. The van der Waals surface area contributed by atoms with Crippen LogP contribution < -0.4 is 0 Å². The van der Waals surface area contributed by atoms with Gasteiger partial charge < -0.3 is 20.1 Å². The fourth-order valence-corrected chi connectivity index (χ4v) is 2.75. The minimum atomic E-state index is -0.501. The molecular weight excluding hydrogens is 256 g/mol. The summed E-state index contributed by atoms with van der Waals surface area (Å²) in [7, 11) is 0. The van der Waals surface area contributed by atoms with E-state index in [-0.39, 0.29) is 12.2 Å².